The summed E-state index contributed by atoms with van der Waals surface area (Å²) in [4.78, 5) is 0. The first-order valence-corrected chi connectivity index (χ1v) is 5.72. The average molecular weight is 218 g/mol. The molecule has 0 aliphatic carbocycles. The fourth-order valence-electron chi connectivity index (χ4n) is 1.72. The molecule has 86 valence electrons. The van der Waals surface area contributed by atoms with Gasteiger partial charge in [0.1, 0.15) is 0 Å². The Balaban J connectivity index is 1.76. The zero-order valence-electron chi connectivity index (χ0n) is 9.61. The maximum atomic E-state index is 3.91. The Morgan fingerprint density at radius 1 is 1.38 bits per heavy atom. The molecule has 0 spiro atoms. The summed E-state index contributed by atoms with van der Waals surface area (Å²) in [6.45, 7) is 5.02. The predicted molar refractivity (Wildman–Crippen MR) is 63.9 cm³/mol. The van der Waals surface area contributed by atoms with Crippen LogP contribution in [0.5, 0.6) is 0 Å². The van der Waals surface area contributed by atoms with Crippen molar-refractivity contribution in [1.29, 1.82) is 0 Å². The molecule has 2 heterocycles. The lowest BCUT2D eigenvalue weighted by molar-refractivity contribution is 0.662. The summed E-state index contributed by atoms with van der Waals surface area (Å²) in [6.07, 6.45) is 7.28. The lowest BCUT2D eigenvalue weighted by atomic mass is 10.3. The third kappa shape index (κ3) is 2.97. The van der Waals surface area contributed by atoms with Crippen LogP contribution in [0.3, 0.4) is 0 Å². The number of rotatable bonds is 6. The summed E-state index contributed by atoms with van der Waals surface area (Å²) in [5.74, 6) is 0. The van der Waals surface area contributed by atoms with E-state index in [1.54, 1.807) is 6.20 Å². The molecule has 0 aromatic carbocycles. The van der Waals surface area contributed by atoms with Gasteiger partial charge in [-0.2, -0.15) is 5.10 Å². The maximum Gasteiger partial charge on any atom is 0.0490 e. The van der Waals surface area contributed by atoms with E-state index in [-0.39, 0.29) is 0 Å². The summed E-state index contributed by atoms with van der Waals surface area (Å²) in [5.41, 5.74) is 2.45. The van der Waals surface area contributed by atoms with Crippen LogP contribution in [0, 0.1) is 0 Å². The second kappa shape index (κ2) is 5.51. The molecule has 2 aromatic heterocycles. The van der Waals surface area contributed by atoms with Crippen molar-refractivity contribution in [1.82, 2.24) is 20.1 Å². The fourth-order valence-corrected chi connectivity index (χ4v) is 1.72. The summed E-state index contributed by atoms with van der Waals surface area (Å²) in [6, 6.07) is 4.14. The zero-order chi connectivity index (χ0) is 11.2. The number of hydrogen-bond acceptors (Lipinski definition) is 2. The molecule has 0 aliphatic rings. The predicted octanol–water partition coefficient (Wildman–Crippen LogP) is 1.91. The maximum absolute atomic E-state index is 3.91. The molecule has 0 atom stereocenters. The van der Waals surface area contributed by atoms with Crippen LogP contribution in [0.4, 0.5) is 0 Å². The smallest absolute Gasteiger partial charge is 0.0490 e. The van der Waals surface area contributed by atoms with Gasteiger partial charge >= 0.3 is 0 Å². The van der Waals surface area contributed by atoms with Crippen LogP contribution in [-0.2, 0) is 19.6 Å². The molecular formula is C12H18N4. The summed E-state index contributed by atoms with van der Waals surface area (Å²) < 4.78 is 2.23. The molecule has 0 saturated heterocycles. The van der Waals surface area contributed by atoms with Gasteiger partial charge in [-0.15, -0.1) is 0 Å². The number of aryl methyl sites for hydroxylation is 1. The Labute approximate surface area is 95.7 Å². The van der Waals surface area contributed by atoms with Gasteiger partial charge in [-0.25, -0.2) is 0 Å². The van der Waals surface area contributed by atoms with Crippen molar-refractivity contribution >= 4 is 0 Å². The first kappa shape index (κ1) is 11.0. The van der Waals surface area contributed by atoms with Gasteiger partial charge in [0.15, 0.2) is 0 Å². The van der Waals surface area contributed by atoms with Crippen LogP contribution >= 0.6 is 0 Å². The standard InChI is InChI=1S/C12H18N4/c1-2-6-16-7-4-11(10-16)8-13-9-12-3-5-14-15-12/h3-5,7,10,13H,2,6,8-9H2,1H3,(H,14,15). The van der Waals surface area contributed by atoms with Gasteiger partial charge in [0.2, 0.25) is 0 Å². The highest BCUT2D eigenvalue weighted by molar-refractivity contribution is 5.10. The van der Waals surface area contributed by atoms with Gasteiger partial charge in [0.25, 0.3) is 0 Å². The van der Waals surface area contributed by atoms with Gasteiger partial charge in [0, 0.05) is 43.9 Å². The Hall–Kier alpha value is -1.55. The van der Waals surface area contributed by atoms with E-state index in [4.69, 9.17) is 0 Å². The minimum absolute atomic E-state index is 0.832. The molecule has 0 unspecified atom stereocenters. The van der Waals surface area contributed by atoms with Crippen LogP contribution in [0.25, 0.3) is 0 Å². The molecule has 0 radical (unpaired) electrons. The van der Waals surface area contributed by atoms with Crippen LogP contribution in [0.15, 0.2) is 30.7 Å². The van der Waals surface area contributed by atoms with E-state index in [9.17, 15) is 0 Å². The lowest BCUT2D eigenvalue weighted by Gasteiger charge is -2.01. The Bertz CT molecular complexity index is 402. The Morgan fingerprint density at radius 2 is 2.31 bits per heavy atom. The number of hydrogen-bond donors (Lipinski definition) is 2. The third-order valence-corrected chi connectivity index (χ3v) is 2.50. The van der Waals surface area contributed by atoms with Crippen molar-refractivity contribution in [3.8, 4) is 0 Å². The van der Waals surface area contributed by atoms with E-state index in [2.05, 4.69) is 45.5 Å². The van der Waals surface area contributed by atoms with Crippen LogP contribution < -0.4 is 5.32 Å². The largest absolute Gasteiger partial charge is 0.354 e. The Kier molecular flexibility index (Phi) is 3.77. The van der Waals surface area contributed by atoms with Gasteiger partial charge in [-0.1, -0.05) is 6.92 Å². The van der Waals surface area contributed by atoms with Gasteiger partial charge in [-0.3, -0.25) is 5.10 Å². The van der Waals surface area contributed by atoms with E-state index in [0.29, 0.717) is 0 Å². The van der Waals surface area contributed by atoms with Crippen LogP contribution in [0.2, 0.25) is 0 Å². The van der Waals surface area contributed by atoms with E-state index < -0.39 is 0 Å². The molecule has 2 rings (SSSR count). The first-order chi connectivity index (χ1) is 7.88. The molecule has 0 saturated carbocycles. The first-order valence-electron chi connectivity index (χ1n) is 5.72. The normalized spacial score (nSPS) is 10.8. The van der Waals surface area contributed by atoms with Crippen LogP contribution in [-0.4, -0.2) is 14.8 Å². The molecule has 2 N–H and O–H groups in total. The molecule has 0 aliphatic heterocycles. The van der Waals surface area contributed by atoms with Gasteiger partial charge in [0.05, 0.1) is 0 Å². The minimum Gasteiger partial charge on any atom is -0.354 e. The van der Waals surface area contributed by atoms with E-state index in [1.165, 1.54) is 12.0 Å². The van der Waals surface area contributed by atoms with E-state index >= 15 is 0 Å². The van der Waals surface area contributed by atoms with Crippen LogP contribution in [0.1, 0.15) is 24.6 Å². The average Bonchev–Trinajstić information content (AvgIpc) is 2.90. The monoisotopic (exact) mass is 218 g/mol. The molecule has 0 amide bonds. The molecule has 16 heavy (non-hydrogen) atoms. The number of nitrogens with one attached hydrogen (secondary N) is 2. The van der Waals surface area contributed by atoms with Crippen molar-refractivity contribution in [3.63, 3.8) is 0 Å². The van der Waals surface area contributed by atoms with Crippen molar-refractivity contribution in [2.24, 2.45) is 0 Å². The zero-order valence-corrected chi connectivity index (χ0v) is 9.61. The Morgan fingerprint density at radius 3 is 3.06 bits per heavy atom. The minimum atomic E-state index is 0.832. The number of nitrogens with zero attached hydrogens (tertiary/aromatic N) is 2. The van der Waals surface area contributed by atoms with Gasteiger partial charge < -0.3 is 9.88 Å². The lowest BCUT2D eigenvalue weighted by Crippen LogP contribution is -2.12. The summed E-state index contributed by atoms with van der Waals surface area (Å²) >= 11 is 0. The van der Waals surface area contributed by atoms with Crippen molar-refractivity contribution in [2.45, 2.75) is 33.0 Å². The second-order valence-corrected chi connectivity index (χ2v) is 3.94. The summed E-state index contributed by atoms with van der Waals surface area (Å²) in [7, 11) is 0. The molecule has 4 nitrogen and oxygen atoms in total. The second-order valence-electron chi connectivity index (χ2n) is 3.94. The van der Waals surface area contributed by atoms with Crippen molar-refractivity contribution in [2.75, 3.05) is 0 Å². The highest BCUT2D eigenvalue weighted by Crippen LogP contribution is 2.02. The highest BCUT2D eigenvalue weighted by atomic mass is 15.1. The fraction of sp³-hybridized carbons (Fsp3) is 0.417. The molecule has 4 heteroatoms. The molecular weight excluding hydrogens is 200 g/mol. The number of aromatic nitrogens is 3. The SMILES string of the molecule is CCCn1ccc(CNCc2ccn[nH]2)c1. The third-order valence-electron chi connectivity index (χ3n) is 2.50. The molecule has 0 fully saturated rings. The quantitative estimate of drug-likeness (QED) is 0.778. The van der Waals surface area contributed by atoms with Gasteiger partial charge in [-0.05, 0) is 24.1 Å². The van der Waals surface area contributed by atoms with Crippen molar-refractivity contribution in [3.05, 3.63) is 42.0 Å². The van der Waals surface area contributed by atoms with Crippen molar-refractivity contribution < 1.29 is 0 Å². The number of H-pyrrole nitrogens is 1. The molecule has 2 aromatic rings. The topological polar surface area (TPSA) is 45.6 Å². The molecule has 0 bridgehead atoms. The van der Waals surface area contributed by atoms with E-state index in [1.807, 2.05) is 6.07 Å². The summed E-state index contributed by atoms with van der Waals surface area (Å²) in [5, 5.41) is 10.2. The highest BCUT2D eigenvalue weighted by Gasteiger charge is 1.97. The number of aromatic amines is 1. The van der Waals surface area contributed by atoms with E-state index in [0.717, 1.165) is 25.3 Å².